The average Bonchev–Trinajstić information content (AvgIpc) is 3.04. The van der Waals surface area contributed by atoms with E-state index in [2.05, 4.69) is 10.6 Å². The first-order valence-electron chi connectivity index (χ1n) is 8.00. The SMILES string of the molecule is O=C(NCCNC(=O)C1CC(=O)N(CC2CC2)C1)c1cccs1. The van der Waals surface area contributed by atoms with Gasteiger partial charge < -0.3 is 15.5 Å². The molecule has 6 nitrogen and oxygen atoms in total. The quantitative estimate of drug-likeness (QED) is 0.725. The maximum atomic E-state index is 12.1. The maximum Gasteiger partial charge on any atom is 0.261 e. The molecule has 1 aliphatic heterocycles. The highest BCUT2D eigenvalue weighted by Gasteiger charge is 2.36. The zero-order valence-electron chi connectivity index (χ0n) is 12.9. The molecule has 3 amide bonds. The average molecular weight is 335 g/mol. The Kier molecular flexibility index (Phi) is 4.95. The van der Waals surface area contributed by atoms with Crippen LogP contribution < -0.4 is 10.6 Å². The number of nitrogens with one attached hydrogen (secondary N) is 2. The molecule has 0 aromatic carbocycles. The van der Waals surface area contributed by atoms with Gasteiger partial charge in [-0.15, -0.1) is 11.3 Å². The van der Waals surface area contributed by atoms with Crippen molar-refractivity contribution in [3.8, 4) is 0 Å². The largest absolute Gasteiger partial charge is 0.354 e. The summed E-state index contributed by atoms with van der Waals surface area (Å²) in [5, 5.41) is 7.42. The Balaban J connectivity index is 1.34. The van der Waals surface area contributed by atoms with E-state index in [-0.39, 0.29) is 23.6 Å². The lowest BCUT2D eigenvalue weighted by Crippen LogP contribution is -2.38. The second kappa shape index (κ2) is 7.12. The van der Waals surface area contributed by atoms with Gasteiger partial charge in [0, 0.05) is 32.6 Å². The van der Waals surface area contributed by atoms with Gasteiger partial charge in [-0.3, -0.25) is 14.4 Å². The summed E-state index contributed by atoms with van der Waals surface area (Å²) in [6.07, 6.45) is 2.70. The Morgan fingerprint density at radius 2 is 2.04 bits per heavy atom. The predicted molar refractivity (Wildman–Crippen MR) is 87.1 cm³/mol. The summed E-state index contributed by atoms with van der Waals surface area (Å²) in [5.74, 6) is 0.258. The fourth-order valence-corrected chi connectivity index (χ4v) is 3.38. The van der Waals surface area contributed by atoms with E-state index in [1.165, 1.54) is 24.2 Å². The summed E-state index contributed by atoms with van der Waals surface area (Å²) in [6, 6.07) is 3.59. The summed E-state index contributed by atoms with van der Waals surface area (Å²) >= 11 is 1.38. The molecule has 1 unspecified atom stereocenters. The second-order valence-corrected chi connectivity index (χ2v) is 7.12. The number of carbonyl (C=O) groups is 3. The summed E-state index contributed by atoms with van der Waals surface area (Å²) in [7, 11) is 0. The lowest BCUT2D eigenvalue weighted by molar-refractivity contribution is -0.129. The molecule has 1 saturated carbocycles. The van der Waals surface area contributed by atoms with E-state index >= 15 is 0 Å². The van der Waals surface area contributed by atoms with Crippen LogP contribution in [0.5, 0.6) is 0 Å². The normalized spacial score (nSPS) is 20.6. The number of hydrogen-bond donors (Lipinski definition) is 2. The fraction of sp³-hybridized carbons (Fsp3) is 0.562. The van der Waals surface area contributed by atoms with Crippen molar-refractivity contribution in [2.24, 2.45) is 11.8 Å². The Morgan fingerprint density at radius 3 is 2.74 bits per heavy atom. The third-order valence-corrected chi connectivity index (χ3v) is 5.08. The summed E-state index contributed by atoms with van der Waals surface area (Å²) in [5.41, 5.74) is 0. The molecule has 1 atom stereocenters. The highest BCUT2D eigenvalue weighted by Crippen LogP contribution is 2.31. The van der Waals surface area contributed by atoms with E-state index in [9.17, 15) is 14.4 Å². The predicted octanol–water partition coefficient (Wildman–Crippen LogP) is 0.853. The van der Waals surface area contributed by atoms with Crippen LogP contribution in [0.2, 0.25) is 0 Å². The van der Waals surface area contributed by atoms with Crippen LogP contribution in [0.25, 0.3) is 0 Å². The highest BCUT2D eigenvalue weighted by molar-refractivity contribution is 7.12. The van der Waals surface area contributed by atoms with E-state index in [1.54, 1.807) is 6.07 Å². The number of carbonyl (C=O) groups excluding carboxylic acids is 3. The van der Waals surface area contributed by atoms with Gasteiger partial charge >= 0.3 is 0 Å². The van der Waals surface area contributed by atoms with E-state index in [0.29, 0.717) is 36.9 Å². The molecule has 1 aliphatic carbocycles. The maximum absolute atomic E-state index is 12.1. The van der Waals surface area contributed by atoms with Gasteiger partial charge in [-0.2, -0.15) is 0 Å². The van der Waals surface area contributed by atoms with Crippen LogP contribution in [0.4, 0.5) is 0 Å². The summed E-state index contributed by atoms with van der Waals surface area (Å²) < 4.78 is 0. The van der Waals surface area contributed by atoms with Crippen LogP contribution in [-0.2, 0) is 9.59 Å². The van der Waals surface area contributed by atoms with Crippen LogP contribution in [0.1, 0.15) is 28.9 Å². The van der Waals surface area contributed by atoms with E-state index in [1.807, 2.05) is 16.3 Å². The zero-order valence-corrected chi connectivity index (χ0v) is 13.7. The van der Waals surface area contributed by atoms with Crippen LogP contribution in [0.3, 0.4) is 0 Å². The number of rotatable bonds is 7. The van der Waals surface area contributed by atoms with Gasteiger partial charge in [0.1, 0.15) is 0 Å². The molecular weight excluding hydrogens is 314 g/mol. The molecule has 1 saturated heterocycles. The lowest BCUT2D eigenvalue weighted by atomic mass is 10.1. The smallest absolute Gasteiger partial charge is 0.261 e. The minimum Gasteiger partial charge on any atom is -0.354 e. The molecule has 2 fully saturated rings. The molecule has 124 valence electrons. The number of thiophene rings is 1. The topological polar surface area (TPSA) is 78.5 Å². The zero-order chi connectivity index (χ0) is 16.2. The molecule has 2 aliphatic rings. The molecule has 2 N–H and O–H groups in total. The first-order valence-corrected chi connectivity index (χ1v) is 8.88. The molecule has 0 radical (unpaired) electrons. The molecule has 1 aromatic heterocycles. The van der Waals surface area contributed by atoms with Crippen molar-refractivity contribution in [3.05, 3.63) is 22.4 Å². The van der Waals surface area contributed by atoms with Gasteiger partial charge in [0.05, 0.1) is 10.8 Å². The van der Waals surface area contributed by atoms with Gasteiger partial charge in [0.25, 0.3) is 5.91 Å². The van der Waals surface area contributed by atoms with Crippen LogP contribution >= 0.6 is 11.3 Å². The van der Waals surface area contributed by atoms with Gasteiger partial charge in [-0.1, -0.05) is 6.07 Å². The molecule has 0 spiro atoms. The number of hydrogen-bond acceptors (Lipinski definition) is 4. The Morgan fingerprint density at radius 1 is 1.26 bits per heavy atom. The van der Waals surface area contributed by atoms with Crippen molar-refractivity contribution >= 4 is 29.1 Å². The third kappa shape index (κ3) is 4.31. The summed E-state index contributed by atoms with van der Waals surface area (Å²) in [6.45, 7) is 2.10. The van der Waals surface area contributed by atoms with Gasteiger partial charge in [-0.05, 0) is 30.2 Å². The van der Waals surface area contributed by atoms with Crippen LogP contribution in [-0.4, -0.2) is 48.8 Å². The van der Waals surface area contributed by atoms with Crippen molar-refractivity contribution in [2.75, 3.05) is 26.2 Å². The molecular formula is C16H21N3O3S. The molecule has 23 heavy (non-hydrogen) atoms. The number of likely N-dealkylation sites (tertiary alicyclic amines) is 1. The minimum atomic E-state index is -0.255. The van der Waals surface area contributed by atoms with Crippen molar-refractivity contribution in [2.45, 2.75) is 19.3 Å². The number of amides is 3. The minimum absolute atomic E-state index is 0.0862. The summed E-state index contributed by atoms with van der Waals surface area (Å²) in [4.78, 5) is 38.2. The molecule has 2 heterocycles. The first-order chi connectivity index (χ1) is 11.1. The van der Waals surface area contributed by atoms with Gasteiger partial charge in [0.2, 0.25) is 11.8 Å². The van der Waals surface area contributed by atoms with E-state index in [4.69, 9.17) is 0 Å². The van der Waals surface area contributed by atoms with Crippen molar-refractivity contribution in [1.29, 1.82) is 0 Å². The molecule has 7 heteroatoms. The highest BCUT2D eigenvalue weighted by atomic mass is 32.1. The Hall–Kier alpha value is -1.89. The third-order valence-electron chi connectivity index (χ3n) is 4.22. The molecule has 1 aromatic rings. The van der Waals surface area contributed by atoms with Crippen LogP contribution in [0.15, 0.2) is 17.5 Å². The van der Waals surface area contributed by atoms with Gasteiger partial charge in [-0.25, -0.2) is 0 Å². The van der Waals surface area contributed by atoms with Crippen molar-refractivity contribution in [1.82, 2.24) is 15.5 Å². The fourth-order valence-electron chi connectivity index (χ4n) is 2.74. The molecule has 3 rings (SSSR count). The Labute approximate surface area is 139 Å². The van der Waals surface area contributed by atoms with Crippen molar-refractivity contribution < 1.29 is 14.4 Å². The van der Waals surface area contributed by atoms with Crippen molar-refractivity contribution in [3.63, 3.8) is 0 Å². The Bertz CT molecular complexity index is 583. The molecule has 0 bridgehead atoms. The monoisotopic (exact) mass is 335 g/mol. The van der Waals surface area contributed by atoms with Gasteiger partial charge in [0.15, 0.2) is 0 Å². The number of nitrogens with zero attached hydrogens (tertiary/aromatic N) is 1. The van der Waals surface area contributed by atoms with Crippen LogP contribution in [0, 0.1) is 11.8 Å². The lowest BCUT2D eigenvalue weighted by Gasteiger charge is -2.16. The second-order valence-electron chi connectivity index (χ2n) is 6.17. The van der Waals surface area contributed by atoms with E-state index < -0.39 is 0 Å². The standard InChI is InChI=1S/C16H21N3O3S/c20-14-8-12(10-19(14)9-11-3-4-11)15(21)17-5-6-18-16(22)13-2-1-7-23-13/h1-2,7,11-12H,3-6,8-10H2,(H,17,21)(H,18,22). The first kappa shape index (κ1) is 16.0. The van der Waals surface area contributed by atoms with E-state index in [0.717, 1.165) is 6.54 Å².